The van der Waals surface area contributed by atoms with Crippen molar-refractivity contribution < 1.29 is 19.0 Å². The van der Waals surface area contributed by atoms with Gasteiger partial charge in [-0.1, -0.05) is 24.3 Å². The fraction of sp³-hybridized carbons (Fsp3) is 0.333. The molecule has 0 saturated heterocycles. The maximum absolute atomic E-state index is 13.1. The van der Waals surface area contributed by atoms with Gasteiger partial charge < -0.3 is 14.6 Å². The van der Waals surface area contributed by atoms with Crippen LogP contribution in [0.2, 0.25) is 0 Å². The lowest BCUT2D eigenvalue weighted by molar-refractivity contribution is 0.118. The molecule has 5 heteroatoms. The molecule has 2 aromatic rings. The summed E-state index contributed by atoms with van der Waals surface area (Å²) in [7, 11) is 0. The van der Waals surface area contributed by atoms with E-state index in [9.17, 15) is 9.50 Å². The minimum absolute atomic E-state index is 0.214. The number of hydrogen-bond donors (Lipinski definition) is 1. The molecule has 4 nitrogen and oxygen atoms in total. The number of β-amino-alcohol motifs (C(OH)–C–C–N with tert-alkyl or cyclic N) is 1. The molecule has 136 valence electrons. The second-order valence-electron chi connectivity index (χ2n) is 6.66. The zero-order valence-corrected chi connectivity index (χ0v) is 14.5. The van der Waals surface area contributed by atoms with Crippen LogP contribution in [0.5, 0.6) is 11.5 Å². The van der Waals surface area contributed by atoms with Crippen molar-refractivity contribution in [3.05, 3.63) is 65.5 Å². The van der Waals surface area contributed by atoms with E-state index in [-0.39, 0.29) is 5.82 Å². The third kappa shape index (κ3) is 3.74. The quantitative estimate of drug-likeness (QED) is 0.913. The average molecular weight is 355 g/mol. The van der Waals surface area contributed by atoms with E-state index in [0.29, 0.717) is 25.5 Å². The molecule has 2 heterocycles. The van der Waals surface area contributed by atoms with Crippen LogP contribution in [0.4, 0.5) is 4.39 Å². The largest absolute Gasteiger partial charge is 0.486 e. The van der Waals surface area contributed by atoms with Gasteiger partial charge in [0, 0.05) is 19.6 Å². The Labute approximate surface area is 152 Å². The number of aliphatic hydroxyl groups is 1. The minimum Gasteiger partial charge on any atom is -0.486 e. The Bertz CT molecular complexity index is 803. The summed E-state index contributed by atoms with van der Waals surface area (Å²) >= 11 is 0. The molecule has 1 atom stereocenters. The monoisotopic (exact) mass is 355 g/mol. The summed E-state index contributed by atoms with van der Waals surface area (Å²) in [4.78, 5) is 2.22. The smallest absolute Gasteiger partial charge is 0.161 e. The Morgan fingerprint density at radius 3 is 2.54 bits per heavy atom. The third-order valence-electron chi connectivity index (χ3n) is 4.89. The van der Waals surface area contributed by atoms with E-state index in [1.165, 1.54) is 17.7 Å². The van der Waals surface area contributed by atoms with Crippen LogP contribution in [0.1, 0.15) is 23.7 Å². The molecule has 1 N–H and O–H groups in total. The van der Waals surface area contributed by atoms with Crippen LogP contribution in [0, 0.1) is 5.82 Å². The van der Waals surface area contributed by atoms with Crippen molar-refractivity contribution in [3.8, 4) is 11.5 Å². The van der Waals surface area contributed by atoms with Gasteiger partial charge in [-0.3, -0.25) is 4.90 Å². The lowest BCUT2D eigenvalue weighted by atomic mass is 9.99. The van der Waals surface area contributed by atoms with E-state index in [2.05, 4.69) is 11.0 Å². The predicted octanol–water partition coefficient (Wildman–Crippen LogP) is 3.42. The number of rotatable bonds is 4. The Balaban J connectivity index is 1.38. The number of aliphatic hydroxyl groups excluding tert-OH is 1. The first-order chi connectivity index (χ1) is 12.7. The highest BCUT2D eigenvalue weighted by Gasteiger charge is 2.19. The van der Waals surface area contributed by atoms with Crippen molar-refractivity contribution in [1.82, 2.24) is 4.90 Å². The van der Waals surface area contributed by atoms with Gasteiger partial charge in [0.2, 0.25) is 0 Å². The van der Waals surface area contributed by atoms with Gasteiger partial charge >= 0.3 is 0 Å². The molecule has 0 aromatic heterocycles. The third-order valence-corrected chi connectivity index (χ3v) is 4.89. The molecular weight excluding hydrogens is 333 g/mol. The van der Waals surface area contributed by atoms with Gasteiger partial charge in [-0.05, 0) is 47.4 Å². The molecule has 0 spiro atoms. The molecule has 0 bridgehead atoms. The number of benzene rings is 2. The fourth-order valence-electron chi connectivity index (χ4n) is 3.42. The Morgan fingerprint density at radius 2 is 1.81 bits per heavy atom. The van der Waals surface area contributed by atoms with Gasteiger partial charge in [0.15, 0.2) is 11.5 Å². The topological polar surface area (TPSA) is 41.9 Å². The standard InChI is InChI=1S/C21H22FNO3/c22-18-4-1-15(2-5-18)16-7-9-23(10-8-16)14-19(24)17-3-6-20-21(13-17)26-12-11-25-20/h1-7,13,19,24H,8-12,14H2/t19-/m1/s1. The van der Waals surface area contributed by atoms with E-state index < -0.39 is 6.10 Å². The zero-order chi connectivity index (χ0) is 17.9. The molecule has 2 aliphatic rings. The average Bonchev–Trinajstić information content (AvgIpc) is 2.69. The molecule has 26 heavy (non-hydrogen) atoms. The molecule has 0 amide bonds. The van der Waals surface area contributed by atoms with Gasteiger partial charge in [0.05, 0.1) is 6.10 Å². The van der Waals surface area contributed by atoms with Crippen LogP contribution in [0.3, 0.4) is 0 Å². The van der Waals surface area contributed by atoms with E-state index in [0.717, 1.165) is 36.4 Å². The van der Waals surface area contributed by atoms with Crippen LogP contribution in [0.25, 0.3) is 5.57 Å². The van der Waals surface area contributed by atoms with Gasteiger partial charge in [-0.15, -0.1) is 0 Å². The highest BCUT2D eigenvalue weighted by atomic mass is 19.1. The van der Waals surface area contributed by atoms with Crippen molar-refractivity contribution in [2.24, 2.45) is 0 Å². The number of hydrogen-bond acceptors (Lipinski definition) is 4. The number of nitrogens with zero attached hydrogens (tertiary/aromatic N) is 1. The second kappa shape index (κ2) is 7.48. The molecule has 0 unspecified atom stereocenters. The molecule has 0 radical (unpaired) electrons. The van der Waals surface area contributed by atoms with Crippen LogP contribution < -0.4 is 9.47 Å². The van der Waals surface area contributed by atoms with Crippen LogP contribution in [-0.4, -0.2) is 42.9 Å². The molecule has 0 saturated carbocycles. The Morgan fingerprint density at radius 1 is 1.04 bits per heavy atom. The molecule has 0 fully saturated rings. The summed E-state index contributed by atoms with van der Waals surface area (Å²) in [6.07, 6.45) is 2.47. The molecule has 2 aromatic carbocycles. The second-order valence-corrected chi connectivity index (χ2v) is 6.66. The zero-order valence-electron chi connectivity index (χ0n) is 14.5. The van der Waals surface area contributed by atoms with Gasteiger partial charge in [-0.25, -0.2) is 4.39 Å². The van der Waals surface area contributed by atoms with Crippen LogP contribution >= 0.6 is 0 Å². The van der Waals surface area contributed by atoms with E-state index in [1.807, 2.05) is 30.3 Å². The molecule has 2 aliphatic heterocycles. The van der Waals surface area contributed by atoms with Gasteiger partial charge in [-0.2, -0.15) is 0 Å². The van der Waals surface area contributed by atoms with E-state index in [1.54, 1.807) is 0 Å². The molecule has 4 rings (SSSR count). The first-order valence-electron chi connectivity index (χ1n) is 8.94. The number of halogens is 1. The Kier molecular flexibility index (Phi) is 4.91. The maximum Gasteiger partial charge on any atom is 0.161 e. The van der Waals surface area contributed by atoms with Crippen LogP contribution in [0.15, 0.2) is 48.5 Å². The van der Waals surface area contributed by atoms with Crippen LogP contribution in [-0.2, 0) is 0 Å². The lowest BCUT2D eigenvalue weighted by Gasteiger charge is -2.29. The SMILES string of the molecule is O[C@H](CN1CC=C(c2ccc(F)cc2)CC1)c1ccc2c(c1)OCCO2. The van der Waals surface area contributed by atoms with Gasteiger partial charge in [0.1, 0.15) is 19.0 Å². The van der Waals surface area contributed by atoms with Crippen molar-refractivity contribution >= 4 is 5.57 Å². The highest BCUT2D eigenvalue weighted by molar-refractivity contribution is 5.66. The fourth-order valence-corrected chi connectivity index (χ4v) is 3.42. The normalized spacial score (nSPS) is 18.3. The van der Waals surface area contributed by atoms with E-state index in [4.69, 9.17) is 9.47 Å². The van der Waals surface area contributed by atoms with Crippen molar-refractivity contribution in [2.45, 2.75) is 12.5 Å². The summed E-state index contributed by atoms with van der Waals surface area (Å²) in [6, 6.07) is 12.2. The number of fused-ring (bicyclic) bond motifs is 1. The predicted molar refractivity (Wildman–Crippen MR) is 97.8 cm³/mol. The summed E-state index contributed by atoms with van der Waals surface area (Å²) in [5.74, 6) is 1.22. The van der Waals surface area contributed by atoms with E-state index >= 15 is 0 Å². The summed E-state index contributed by atoms with van der Waals surface area (Å²) in [5, 5.41) is 10.6. The highest BCUT2D eigenvalue weighted by Crippen LogP contribution is 2.33. The molecular formula is C21H22FNO3. The maximum atomic E-state index is 13.1. The summed E-state index contributed by atoms with van der Waals surface area (Å²) in [6.45, 7) is 3.30. The summed E-state index contributed by atoms with van der Waals surface area (Å²) < 4.78 is 24.2. The lowest BCUT2D eigenvalue weighted by Crippen LogP contribution is -2.32. The van der Waals surface area contributed by atoms with Crippen molar-refractivity contribution in [1.29, 1.82) is 0 Å². The molecule has 0 aliphatic carbocycles. The minimum atomic E-state index is -0.577. The first-order valence-corrected chi connectivity index (χ1v) is 8.94. The Hall–Kier alpha value is -2.37. The van der Waals surface area contributed by atoms with Crippen molar-refractivity contribution in [3.63, 3.8) is 0 Å². The van der Waals surface area contributed by atoms with Crippen molar-refractivity contribution in [2.75, 3.05) is 32.8 Å². The number of ether oxygens (including phenoxy) is 2. The first kappa shape index (κ1) is 17.1. The van der Waals surface area contributed by atoms with Gasteiger partial charge in [0.25, 0.3) is 0 Å². The summed E-state index contributed by atoms with van der Waals surface area (Å²) in [5.41, 5.74) is 3.14.